The van der Waals surface area contributed by atoms with Gasteiger partial charge in [-0.25, -0.2) is 0 Å². The van der Waals surface area contributed by atoms with Gasteiger partial charge in [-0.2, -0.15) is 0 Å². The van der Waals surface area contributed by atoms with Crippen molar-refractivity contribution in [3.05, 3.63) is 41.5 Å². The highest BCUT2D eigenvalue weighted by Gasteiger charge is 2.67. The van der Waals surface area contributed by atoms with Crippen LogP contribution >= 0.6 is 0 Å². The van der Waals surface area contributed by atoms with E-state index >= 15 is 0 Å². The van der Waals surface area contributed by atoms with Gasteiger partial charge < -0.3 is 19.7 Å². The van der Waals surface area contributed by atoms with E-state index in [0.29, 0.717) is 19.1 Å². The summed E-state index contributed by atoms with van der Waals surface area (Å²) in [6, 6.07) is 6.44. The predicted molar refractivity (Wildman–Crippen MR) is 110 cm³/mol. The van der Waals surface area contributed by atoms with Gasteiger partial charge >= 0.3 is 0 Å². The van der Waals surface area contributed by atoms with Gasteiger partial charge in [-0.3, -0.25) is 9.59 Å². The third kappa shape index (κ3) is 2.73. The Kier molecular flexibility index (Phi) is 4.20. The normalized spacial score (nSPS) is 34.2. The number of aryl methyl sites for hydroxylation is 1. The minimum Gasteiger partial charge on any atom is -0.493 e. The molecule has 4 unspecified atom stereocenters. The summed E-state index contributed by atoms with van der Waals surface area (Å²) < 4.78 is 11.9. The number of nitrogens with zero attached hydrogens (tertiary/aromatic N) is 1. The molecule has 2 saturated heterocycles. The van der Waals surface area contributed by atoms with Gasteiger partial charge in [0, 0.05) is 12.6 Å². The van der Waals surface area contributed by atoms with Crippen LogP contribution in [0.4, 0.5) is 0 Å². The van der Waals surface area contributed by atoms with Crippen LogP contribution in [0.5, 0.6) is 5.75 Å². The molecule has 1 aliphatic carbocycles. The van der Waals surface area contributed by atoms with Crippen molar-refractivity contribution < 1.29 is 19.1 Å². The van der Waals surface area contributed by atoms with Crippen molar-refractivity contribution in [1.82, 2.24) is 10.2 Å². The first-order valence-corrected chi connectivity index (χ1v) is 11.3. The molecule has 4 heterocycles. The summed E-state index contributed by atoms with van der Waals surface area (Å²) in [5, 5.41) is 3.08. The van der Waals surface area contributed by atoms with Gasteiger partial charge in [-0.05, 0) is 42.9 Å². The molecule has 6 nitrogen and oxygen atoms in total. The van der Waals surface area contributed by atoms with E-state index in [1.165, 1.54) is 18.4 Å². The lowest BCUT2D eigenvalue weighted by Gasteiger charge is -2.27. The first kappa shape index (κ1) is 18.4. The van der Waals surface area contributed by atoms with E-state index in [4.69, 9.17) is 9.47 Å². The summed E-state index contributed by atoms with van der Waals surface area (Å²) >= 11 is 0. The molecule has 1 N–H and O–H groups in total. The maximum Gasteiger partial charge on any atom is 0.230 e. The van der Waals surface area contributed by atoms with Gasteiger partial charge in [-0.1, -0.05) is 37.1 Å². The molecule has 3 fully saturated rings. The van der Waals surface area contributed by atoms with Crippen LogP contribution in [0, 0.1) is 11.8 Å². The monoisotopic (exact) mass is 408 g/mol. The molecular formula is C24H28N2O4. The number of ether oxygens (including phenoxy) is 2. The summed E-state index contributed by atoms with van der Waals surface area (Å²) in [7, 11) is 0. The van der Waals surface area contributed by atoms with Crippen molar-refractivity contribution in [2.75, 3.05) is 13.2 Å². The Labute approximate surface area is 176 Å². The molecule has 2 amide bonds. The molecule has 5 aliphatic rings. The minimum absolute atomic E-state index is 0.0770. The lowest BCUT2D eigenvalue weighted by atomic mass is 9.77. The van der Waals surface area contributed by atoms with E-state index in [-0.39, 0.29) is 23.8 Å². The number of fused-ring (bicyclic) bond motifs is 2. The fraction of sp³-hybridized carbons (Fsp3) is 0.583. The molecule has 1 aromatic rings. The molecule has 2 bridgehead atoms. The fourth-order valence-electron chi connectivity index (χ4n) is 6.18. The highest BCUT2D eigenvalue weighted by Crippen LogP contribution is 2.53. The number of carbonyl (C=O) groups is 2. The van der Waals surface area contributed by atoms with Crippen molar-refractivity contribution in [3.8, 4) is 5.75 Å². The minimum atomic E-state index is -0.602. The average Bonchev–Trinajstić information content (AvgIpc) is 3.54. The van der Waals surface area contributed by atoms with E-state index < -0.39 is 11.5 Å². The molecule has 30 heavy (non-hydrogen) atoms. The second kappa shape index (κ2) is 6.84. The first-order valence-electron chi connectivity index (χ1n) is 11.3. The number of rotatable bonds is 4. The third-order valence-electron chi connectivity index (χ3n) is 7.64. The van der Waals surface area contributed by atoms with Crippen LogP contribution in [0.3, 0.4) is 0 Å². The van der Waals surface area contributed by atoms with Crippen LogP contribution in [0.15, 0.2) is 30.4 Å². The Balaban J connectivity index is 1.18. The lowest BCUT2D eigenvalue weighted by Crippen LogP contribution is -2.44. The van der Waals surface area contributed by atoms with Crippen LogP contribution in [0.25, 0.3) is 0 Å². The Morgan fingerprint density at radius 2 is 2.10 bits per heavy atom. The summed E-state index contributed by atoms with van der Waals surface area (Å²) in [6.45, 7) is 1.83. The Hall–Kier alpha value is -2.34. The second-order valence-corrected chi connectivity index (χ2v) is 9.42. The van der Waals surface area contributed by atoms with Crippen molar-refractivity contribution in [2.24, 2.45) is 11.8 Å². The molecule has 1 saturated carbocycles. The average molecular weight is 408 g/mol. The standard InChI is InChI=1S/C24H28N2O4/c27-22(25-13-15-7-8-18-16(12-15)4-3-11-29-18)20-19-9-10-24(30-19)14-26(23(28)21(20)24)17-5-1-2-6-17/h7-10,12,17,19-21H,1-6,11,13-14H2,(H,25,27). The topological polar surface area (TPSA) is 67.9 Å². The summed E-state index contributed by atoms with van der Waals surface area (Å²) in [5.41, 5.74) is 1.67. The number of likely N-dealkylation sites (tertiary alicyclic amines) is 1. The zero-order chi connectivity index (χ0) is 20.3. The van der Waals surface area contributed by atoms with Gasteiger partial charge in [0.15, 0.2) is 0 Å². The zero-order valence-corrected chi connectivity index (χ0v) is 17.1. The molecule has 0 aromatic heterocycles. The number of hydrogen-bond acceptors (Lipinski definition) is 4. The Morgan fingerprint density at radius 3 is 2.97 bits per heavy atom. The maximum atomic E-state index is 13.3. The molecule has 6 heteroatoms. The molecule has 0 radical (unpaired) electrons. The lowest BCUT2D eigenvalue weighted by molar-refractivity contribution is -0.138. The first-order chi connectivity index (χ1) is 14.6. The van der Waals surface area contributed by atoms with Crippen molar-refractivity contribution in [3.63, 3.8) is 0 Å². The largest absolute Gasteiger partial charge is 0.493 e. The second-order valence-electron chi connectivity index (χ2n) is 9.42. The molecule has 1 spiro atoms. The van der Waals surface area contributed by atoms with E-state index in [1.54, 1.807) is 0 Å². The fourth-order valence-corrected chi connectivity index (χ4v) is 6.18. The molecule has 4 aliphatic heterocycles. The molecule has 6 rings (SSSR count). The molecule has 1 aromatic carbocycles. The smallest absolute Gasteiger partial charge is 0.230 e. The Morgan fingerprint density at radius 1 is 1.23 bits per heavy atom. The van der Waals surface area contributed by atoms with Crippen molar-refractivity contribution in [1.29, 1.82) is 0 Å². The van der Waals surface area contributed by atoms with Crippen LogP contribution < -0.4 is 10.1 Å². The van der Waals surface area contributed by atoms with Gasteiger partial charge in [0.2, 0.25) is 11.8 Å². The summed E-state index contributed by atoms with van der Waals surface area (Å²) in [6.07, 6.45) is 10.3. The number of carbonyl (C=O) groups excluding carboxylic acids is 2. The SMILES string of the molecule is O=C(NCc1ccc2c(c1)CCCO2)C1C2C=CC3(CN(C4CCCC4)C(=O)C13)O2. The van der Waals surface area contributed by atoms with E-state index in [1.807, 2.05) is 29.2 Å². The number of nitrogens with one attached hydrogen (secondary N) is 1. The highest BCUT2D eigenvalue weighted by atomic mass is 16.5. The maximum absolute atomic E-state index is 13.3. The highest BCUT2D eigenvalue weighted by molar-refractivity contribution is 5.93. The van der Waals surface area contributed by atoms with Crippen molar-refractivity contribution in [2.45, 2.75) is 62.8 Å². The van der Waals surface area contributed by atoms with E-state index in [0.717, 1.165) is 43.6 Å². The third-order valence-corrected chi connectivity index (χ3v) is 7.64. The number of amides is 2. The van der Waals surface area contributed by atoms with Crippen LogP contribution in [-0.4, -0.2) is 47.6 Å². The van der Waals surface area contributed by atoms with E-state index in [2.05, 4.69) is 11.4 Å². The van der Waals surface area contributed by atoms with Crippen molar-refractivity contribution >= 4 is 11.8 Å². The zero-order valence-electron chi connectivity index (χ0n) is 17.1. The summed E-state index contributed by atoms with van der Waals surface area (Å²) in [4.78, 5) is 28.5. The predicted octanol–water partition coefficient (Wildman–Crippen LogP) is 2.35. The van der Waals surface area contributed by atoms with E-state index in [9.17, 15) is 9.59 Å². The molecular weight excluding hydrogens is 380 g/mol. The summed E-state index contributed by atoms with van der Waals surface area (Å²) in [5.74, 6) is 0.167. The Bertz CT molecular complexity index is 922. The van der Waals surface area contributed by atoms with Gasteiger partial charge in [0.25, 0.3) is 0 Å². The number of benzene rings is 1. The quantitative estimate of drug-likeness (QED) is 0.777. The number of hydrogen-bond donors (Lipinski definition) is 1. The van der Waals surface area contributed by atoms with Crippen LogP contribution in [0.1, 0.15) is 43.2 Å². The van der Waals surface area contributed by atoms with Gasteiger partial charge in [-0.15, -0.1) is 0 Å². The van der Waals surface area contributed by atoms with Crippen LogP contribution in [0.2, 0.25) is 0 Å². The van der Waals surface area contributed by atoms with Gasteiger partial charge in [0.1, 0.15) is 11.4 Å². The molecule has 4 atom stereocenters. The molecule has 158 valence electrons. The van der Waals surface area contributed by atoms with Crippen LogP contribution in [-0.2, 0) is 27.3 Å². The van der Waals surface area contributed by atoms with Gasteiger partial charge in [0.05, 0.1) is 31.1 Å².